The zero-order valence-corrected chi connectivity index (χ0v) is 13.3. The van der Waals surface area contributed by atoms with E-state index in [-0.39, 0.29) is 0 Å². The van der Waals surface area contributed by atoms with Gasteiger partial charge < -0.3 is 14.6 Å². The summed E-state index contributed by atoms with van der Waals surface area (Å²) in [6.07, 6.45) is 1.65. The van der Waals surface area contributed by atoms with Crippen LogP contribution < -0.4 is 0 Å². The summed E-state index contributed by atoms with van der Waals surface area (Å²) < 4.78 is 10.8. The third kappa shape index (κ3) is 6.83. The molecule has 0 saturated carbocycles. The lowest BCUT2D eigenvalue weighted by atomic mass is 10.1. The topological polar surface area (TPSA) is 38.7 Å². The second-order valence-corrected chi connectivity index (χ2v) is 5.24. The van der Waals surface area contributed by atoms with Gasteiger partial charge in [0.25, 0.3) is 0 Å². The molecule has 0 aromatic heterocycles. The van der Waals surface area contributed by atoms with E-state index in [0.29, 0.717) is 23.7 Å². The van der Waals surface area contributed by atoms with Crippen molar-refractivity contribution in [1.82, 2.24) is 0 Å². The second-order valence-electron chi connectivity index (χ2n) is 5.24. The molecule has 0 amide bonds. The molecule has 0 aliphatic carbocycles. The maximum atomic E-state index is 9.60. The average molecular weight is 298 g/mol. The van der Waals surface area contributed by atoms with Gasteiger partial charge in [0, 0.05) is 5.57 Å². The van der Waals surface area contributed by atoms with Gasteiger partial charge in [0.2, 0.25) is 0 Å². The van der Waals surface area contributed by atoms with E-state index >= 15 is 0 Å². The molecule has 0 unspecified atom stereocenters. The fourth-order valence-corrected chi connectivity index (χ4v) is 1.47. The summed E-state index contributed by atoms with van der Waals surface area (Å²) in [5, 5.41) is 9.60. The first-order valence-electron chi connectivity index (χ1n) is 6.88. The van der Waals surface area contributed by atoms with Gasteiger partial charge in [-0.05, 0) is 25.5 Å². The van der Waals surface area contributed by atoms with Crippen LogP contribution in [-0.4, -0.2) is 17.8 Å². The highest BCUT2D eigenvalue weighted by Gasteiger charge is 2.08. The molecular weight excluding hydrogens is 276 g/mol. The molecule has 0 heterocycles. The first kappa shape index (κ1) is 17.6. The van der Waals surface area contributed by atoms with Crippen LogP contribution >= 0.6 is 0 Å². The normalized spacial score (nSPS) is 11.2. The predicted octanol–water partition coefficient (Wildman–Crippen LogP) is 3.58. The van der Waals surface area contributed by atoms with Gasteiger partial charge in [-0.25, -0.2) is 0 Å². The Bertz CT molecular complexity index is 608. The van der Waals surface area contributed by atoms with Gasteiger partial charge >= 0.3 is 0 Å². The molecular formula is C19H22O3. The SMILES string of the molecule is C=C(C#CC(C)(C)O)C=C(OCc1ccccc1)C(=C)OC. The zero-order chi connectivity index (χ0) is 16.6. The molecule has 0 spiro atoms. The maximum Gasteiger partial charge on any atom is 0.162 e. The van der Waals surface area contributed by atoms with Crippen molar-refractivity contribution in [2.75, 3.05) is 7.11 Å². The Kier molecular flexibility index (Phi) is 6.49. The molecule has 0 bridgehead atoms. The molecule has 3 nitrogen and oxygen atoms in total. The van der Waals surface area contributed by atoms with Gasteiger partial charge in [0.1, 0.15) is 12.2 Å². The number of methoxy groups -OCH3 is 1. The molecule has 1 aromatic rings. The van der Waals surface area contributed by atoms with E-state index in [1.807, 2.05) is 30.3 Å². The Labute approximate surface area is 132 Å². The highest BCUT2D eigenvalue weighted by Crippen LogP contribution is 2.15. The third-order valence-corrected chi connectivity index (χ3v) is 2.59. The van der Waals surface area contributed by atoms with Crippen molar-refractivity contribution in [3.63, 3.8) is 0 Å². The summed E-state index contributed by atoms with van der Waals surface area (Å²) in [5.41, 5.74) is 0.467. The van der Waals surface area contributed by atoms with Crippen LogP contribution in [0.4, 0.5) is 0 Å². The molecule has 0 atom stereocenters. The van der Waals surface area contributed by atoms with Crippen LogP contribution in [-0.2, 0) is 16.1 Å². The van der Waals surface area contributed by atoms with E-state index in [1.54, 1.807) is 19.9 Å². The number of benzene rings is 1. The summed E-state index contributed by atoms with van der Waals surface area (Å²) in [7, 11) is 1.52. The van der Waals surface area contributed by atoms with Crippen LogP contribution in [0.5, 0.6) is 0 Å². The predicted molar refractivity (Wildman–Crippen MR) is 88.7 cm³/mol. The standard InChI is InChI=1S/C19H22O3/c1-15(11-12-19(3,4)20)13-18(16(2)21-5)22-14-17-9-7-6-8-10-17/h6-10,13,20H,1-2,14H2,3-5H3. The minimum atomic E-state index is -1.07. The molecule has 1 aromatic carbocycles. The van der Waals surface area contributed by atoms with Crippen LogP contribution in [0.3, 0.4) is 0 Å². The number of ether oxygens (including phenoxy) is 2. The number of rotatable bonds is 6. The first-order valence-corrected chi connectivity index (χ1v) is 6.88. The average Bonchev–Trinajstić information content (AvgIpc) is 2.49. The highest BCUT2D eigenvalue weighted by molar-refractivity contribution is 5.41. The minimum absolute atomic E-state index is 0.390. The lowest BCUT2D eigenvalue weighted by molar-refractivity contribution is 0.143. The Morgan fingerprint density at radius 1 is 1.27 bits per heavy atom. The van der Waals surface area contributed by atoms with Crippen LogP contribution in [0.1, 0.15) is 19.4 Å². The van der Waals surface area contributed by atoms with E-state index < -0.39 is 5.60 Å². The Morgan fingerprint density at radius 2 is 1.91 bits per heavy atom. The minimum Gasteiger partial charge on any atom is -0.493 e. The number of hydrogen-bond donors (Lipinski definition) is 1. The molecule has 22 heavy (non-hydrogen) atoms. The number of aliphatic hydroxyl groups is 1. The summed E-state index contributed by atoms with van der Waals surface area (Å²) in [4.78, 5) is 0. The number of hydrogen-bond acceptors (Lipinski definition) is 3. The van der Waals surface area contributed by atoms with Gasteiger partial charge in [-0.3, -0.25) is 0 Å². The summed E-state index contributed by atoms with van der Waals surface area (Å²) in [6.45, 7) is 11.2. The highest BCUT2D eigenvalue weighted by atomic mass is 16.5. The van der Waals surface area contributed by atoms with Crippen molar-refractivity contribution in [2.24, 2.45) is 0 Å². The quantitative estimate of drug-likeness (QED) is 0.495. The second kappa shape index (κ2) is 8.11. The van der Waals surface area contributed by atoms with Crippen LogP contribution in [0.25, 0.3) is 0 Å². The van der Waals surface area contributed by atoms with E-state index in [4.69, 9.17) is 9.47 Å². The Morgan fingerprint density at radius 3 is 2.45 bits per heavy atom. The van der Waals surface area contributed by atoms with Crippen molar-refractivity contribution in [2.45, 2.75) is 26.1 Å². The Hall–Kier alpha value is -2.44. The van der Waals surface area contributed by atoms with E-state index in [9.17, 15) is 5.11 Å². The molecule has 3 heteroatoms. The Balaban J connectivity index is 2.83. The smallest absolute Gasteiger partial charge is 0.162 e. The lowest BCUT2D eigenvalue weighted by Crippen LogP contribution is -2.14. The molecule has 0 aliphatic heterocycles. The van der Waals surface area contributed by atoms with Crippen LogP contribution in [0.15, 0.2) is 66.7 Å². The molecule has 0 saturated heterocycles. The summed E-state index contributed by atoms with van der Waals surface area (Å²) >= 11 is 0. The van der Waals surface area contributed by atoms with Gasteiger partial charge in [-0.15, -0.1) is 0 Å². The first-order chi connectivity index (χ1) is 10.3. The monoisotopic (exact) mass is 298 g/mol. The van der Waals surface area contributed by atoms with E-state index in [2.05, 4.69) is 25.0 Å². The molecule has 0 radical (unpaired) electrons. The van der Waals surface area contributed by atoms with Crippen LogP contribution in [0.2, 0.25) is 0 Å². The van der Waals surface area contributed by atoms with Crippen molar-refractivity contribution in [3.8, 4) is 11.8 Å². The van der Waals surface area contributed by atoms with Crippen molar-refractivity contribution < 1.29 is 14.6 Å². The van der Waals surface area contributed by atoms with Gasteiger partial charge in [0.15, 0.2) is 11.5 Å². The molecule has 116 valence electrons. The molecule has 1 N–H and O–H groups in total. The van der Waals surface area contributed by atoms with E-state index in [0.717, 1.165) is 5.56 Å². The fraction of sp³-hybridized carbons (Fsp3) is 0.263. The lowest BCUT2D eigenvalue weighted by Gasteiger charge is -2.12. The van der Waals surface area contributed by atoms with E-state index in [1.165, 1.54) is 7.11 Å². The van der Waals surface area contributed by atoms with Crippen molar-refractivity contribution in [3.05, 3.63) is 72.2 Å². The third-order valence-electron chi connectivity index (χ3n) is 2.59. The van der Waals surface area contributed by atoms with Crippen molar-refractivity contribution in [1.29, 1.82) is 0 Å². The summed E-state index contributed by atoms with van der Waals surface area (Å²) in [5.74, 6) is 6.33. The largest absolute Gasteiger partial charge is 0.493 e. The van der Waals surface area contributed by atoms with Gasteiger partial charge in [-0.2, -0.15) is 0 Å². The van der Waals surface area contributed by atoms with Crippen LogP contribution in [0, 0.1) is 11.8 Å². The van der Waals surface area contributed by atoms with Gasteiger partial charge in [0.05, 0.1) is 7.11 Å². The van der Waals surface area contributed by atoms with Gasteiger partial charge in [-0.1, -0.05) is 55.3 Å². The molecule has 1 rings (SSSR count). The zero-order valence-electron chi connectivity index (χ0n) is 13.3. The number of allylic oxidation sites excluding steroid dienone is 2. The molecule has 0 aliphatic rings. The van der Waals surface area contributed by atoms with Crippen molar-refractivity contribution >= 4 is 0 Å². The molecule has 0 fully saturated rings. The maximum absolute atomic E-state index is 9.60. The fourth-order valence-electron chi connectivity index (χ4n) is 1.47. The summed E-state index contributed by atoms with van der Waals surface area (Å²) in [6, 6.07) is 9.77.